The molecule has 0 aliphatic carbocycles. The smallest absolute Gasteiger partial charge is 0.287 e. The van der Waals surface area contributed by atoms with Crippen LogP contribution in [0.15, 0.2) is 40.6 Å². The second kappa shape index (κ2) is 11.1. The topological polar surface area (TPSA) is 122 Å². The van der Waals surface area contributed by atoms with Crippen LogP contribution in [-0.4, -0.2) is 43.5 Å². The molecule has 33 heavy (non-hydrogen) atoms. The Hall–Kier alpha value is -2.43. The zero-order valence-corrected chi connectivity index (χ0v) is 20.4. The average Bonchev–Trinajstić information content (AvgIpc) is 3.23. The minimum atomic E-state index is -3.93. The highest BCUT2D eigenvalue weighted by Gasteiger charge is 2.34. The number of aromatic nitrogens is 1. The number of fused-ring (bicyclic) bond motifs is 2. The molecule has 1 aromatic carbocycles. The van der Waals surface area contributed by atoms with Gasteiger partial charge in [-0.25, -0.2) is 18.1 Å². The largest absolute Gasteiger partial charge is 0.349 e. The maximum absolute atomic E-state index is 13.2. The highest BCUT2D eigenvalue weighted by Crippen LogP contribution is 2.22. The van der Waals surface area contributed by atoms with Crippen molar-refractivity contribution in [3.05, 3.63) is 46.4 Å². The number of ketones is 2. The molecular weight excluding hydrogens is 462 g/mol. The second-order valence-corrected chi connectivity index (χ2v) is 11.2. The third-order valence-corrected chi connectivity index (χ3v) is 7.93. The maximum Gasteiger partial charge on any atom is 0.287 e. The van der Waals surface area contributed by atoms with Gasteiger partial charge in [0.25, 0.3) is 5.91 Å². The molecule has 2 bridgehead atoms. The normalized spacial score (nSPS) is 18.8. The highest BCUT2D eigenvalue weighted by atomic mass is 32.2. The van der Waals surface area contributed by atoms with Gasteiger partial charge in [-0.15, -0.1) is 11.3 Å². The van der Waals surface area contributed by atoms with Gasteiger partial charge in [-0.05, 0) is 37.3 Å². The number of hydrogen-bond acceptors (Lipinski definition) is 7. The summed E-state index contributed by atoms with van der Waals surface area (Å²) in [5.74, 6) is -3.07. The molecule has 2 heterocycles. The SMILES string of the molecule is CC(C)C(NS(=O)(=O)c1ccccc1)C(=O)CC1Cc2nc(cs2)CCCCNC(=O)C1=O. The van der Waals surface area contributed by atoms with Gasteiger partial charge in [-0.1, -0.05) is 32.0 Å². The highest BCUT2D eigenvalue weighted by molar-refractivity contribution is 7.89. The number of nitrogens with zero attached hydrogens (tertiary/aromatic N) is 1. The van der Waals surface area contributed by atoms with Crippen molar-refractivity contribution < 1.29 is 22.8 Å². The summed E-state index contributed by atoms with van der Waals surface area (Å²) in [4.78, 5) is 43.1. The summed E-state index contributed by atoms with van der Waals surface area (Å²) in [6.45, 7) is 3.85. The van der Waals surface area contributed by atoms with E-state index >= 15 is 0 Å². The lowest BCUT2D eigenvalue weighted by molar-refractivity contribution is -0.141. The van der Waals surface area contributed by atoms with E-state index in [1.807, 2.05) is 5.38 Å². The average molecular weight is 492 g/mol. The number of nitrogens with one attached hydrogen (secondary N) is 2. The standard InChI is InChI=1S/C23H29N3O5S2/c1-15(2)21(26-33(30,31)18-9-4-3-5-10-18)19(27)12-16-13-20-25-17(14-32-20)8-6-7-11-24-23(29)22(16)28/h3-5,9-10,14-16,21,26H,6-8,11-13H2,1-2H3,(H,24,29). The summed E-state index contributed by atoms with van der Waals surface area (Å²) in [5.41, 5.74) is 0.940. The zero-order valence-electron chi connectivity index (χ0n) is 18.7. The van der Waals surface area contributed by atoms with Crippen LogP contribution in [0.5, 0.6) is 0 Å². The van der Waals surface area contributed by atoms with Crippen LogP contribution in [0.3, 0.4) is 0 Å². The fraction of sp³-hybridized carbons (Fsp3) is 0.478. The Bertz CT molecular complexity index is 1100. The quantitative estimate of drug-likeness (QED) is 0.573. The molecular formula is C23H29N3O5S2. The van der Waals surface area contributed by atoms with Crippen LogP contribution >= 0.6 is 11.3 Å². The van der Waals surface area contributed by atoms with Gasteiger partial charge in [0.15, 0.2) is 5.78 Å². The molecule has 2 unspecified atom stereocenters. The zero-order chi connectivity index (χ0) is 24.0. The van der Waals surface area contributed by atoms with Crippen LogP contribution in [0.1, 0.15) is 43.8 Å². The van der Waals surface area contributed by atoms with E-state index in [4.69, 9.17) is 0 Å². The van der Waals surface area contributed by atoms with E-state index in [0.717, 1.165) is 25.0 Å². The maximum atomic E-state index is 13.2. The number of aryl methyl sites for hydroxylation is 1. The summed E-state index contributed by atoms with van der Waals surface area (Å²) < 4.78 is 28.1. The Morgan fingerprint density at radius 3 is 2.64 bits per heavy atom. The molecule has 0 fully saturated rings. The number of rotatable bonds is 7. The predicted octanol–water partition coefficient (Wildman–Crippen LogP) is 2.29. The van der Waals surface area contributed by atoms with Crippen LogP contribution in [0.25, 0.3) is 0 Å². The summed E-state index contributed by atoms with van der Waals surface area (Å²) in [6.07, 6.45) is 2.30. The third kappa shape index (κ3) is 6.78. The minimum Gasteiger partial charge on any atom is -0.349 e. The van der Waals surface area contributed by atoms with Gasteiger partial charge in [-0.2, -0.15) is 0 Å². The van der Waals surface area contributed by atoms with Gasteiger partial charge in [0.05, 0.1) is 21.6 Å². The first-order valence-electron chi connectivity index (χ1n) is 11.0. The monoisotopic (exact) mass is 491 g/mol. The Morgan fingerprint density at radius 2 is 1.94 bits per heavy atom. The molecule has 178 valence electrons. The second-order valence-electron chi connectivity index (χ2n) is 8.54. The van der Waals surface area contributed by atoms with Crippen molar-refractivity contribution in [2.75, 3.05) is 6.54 Å². The first-order chi connectivity index (χ1) is 15.7. The number of amides is 1. The molecule has 1 aliphatic rings. The van der Waals surface area contributed by atoms with E-state index in [0.29, 0.717) is 11.6 Å². The van der Waals surface area contributed by atoms with E-state index in [1.165, 1.54) is 23.5 Å². The minimum absolute atomic E-state index is 0.0558. The lowest BCUT2D eigenvalue weighted by Gasteiger charge is -2.23. The number of benzene rings is 1. The van der Waals surface area contributed by atoms with E-state index in [9.17, 15) is 22.8 Å². The number of Topliss-reactive ketones (excluding diaryl/α,β-unsaturated/α-hetero) is 2. The summed E-state index contributed by atoms with van der Waals surface area (Å²) in [6, 6.07) is 6.78. The molecule has 0 saturated carbocycles. The number of carbonyl (C=O) groups is 3. The van der Waals surface area contributed by atoms with Crippen molar-refractivity contribution in [2.24, 2.45) is 11.8 Å². The first kappa shape index (κ1) is 25.2. The molecule has 2 N–H and O–H groups in total. The van der Waals surface area contributed by atoms with Crippen molar-refractivity contribution in [1.29, 1.82) is 0 Å². The van der Waals surface area contributed by atoms with Gasteiger partial charge >= 0.3 is 0 Å². The van der Waals surface area contributed by atoms with E-state index < -0.39 is 39.5 Å². The number of hydrogen-bond donors (Lipinski definition) is 2. The van der Waals surface area contributed by atoms with Crippen LogP contribution in [0, 0.1) is 11.8 Å². The van der Waals surface area contributed by atoms with Gasteiger partial charge in [0, 0.05) is 30.7 Å². The molecule has 1 aromatic heterocycles. The lowest BCUT2D eigenvalue weighted by atomic mass is 9.88. The van der Waals surface area contributed by atoms with Gasteiger partial charge < -0.3 is 5.32 Å². The number of carbonyl (C=O) groups excluding carboxylic acids is 3. The molecule has 1 amide bonds. The fourth-order valence-corrected chi connectivity index (χ4v) is 6.01. The van der Waals surface area contributed by atoms with Gasteiger partial charge in [-0.3, -0.25) is 14.4 Å². The number of sulfonamides is 1. The summed E-state index contributed by atoms with van der Waals surface area (Å²) in [7, 11) is -3.93. The van der Waals surface area contributed by atoms with Crippen molar-refractivity contribution in [1.82, 2.24) is 15.0 Å². The van der Waals surface area contributed by atoms with Crippen LogP contribution in [-0.2, 0) is 37.2 Å². The molecule has 0 saturated heterocycles. The Balaban J connectivity index is 1.81. The molecule has 2 atom stereocenters. The van der Waals surface area contributed by atoms with E-state index in [1.54, 1.807) is 32.0 Å². The summed E-state index contributed by atoms with van der Waals surface area (Å²) >= 11 is 1.41. The third-order valence-electron chi connectivity index (χ3n) is 5.56. The molecule has 2 aromatic rings. The molecule has 0 spiro atoms. The molecule has 1 aliphatic heterocycles. The molecule has 10 heteroatoms. The van der Waals surface area contributed by atoms with Crippen molar-refractivity contribution in [3.8, 4) is 0 Å². The lowest BCUT2D eigenvalue weighted by Crippen LogP contribution is -2.46. The number of thiazole rings is 1. The Morgan fingerprint density at radius 1 is 1.21 bits per heavy atom. The van der Waals surface area contributed by atoms with Gasteiger partial charge in [0.1, 0.15) is 0 Å². The fourth-order valence-electron chi connectivity index (χ4n) is 3.71. The van der Waals surface area contributed by atoms with Crippen molar-refractivity contribution in [2.45, 2.75) is 56.9 Å². The predicted molar refractivity (Wildman–Crippen MR) is 125 cm³/mol. The Kier molecular flexibility index (Phi) is 8.50. The summed E-state index contributed by atoms with van der Waals surface area (Å²) in [5, 5.41) is 5.27. The molecule has 8 nitrogen and oxygen atoms in total. The first-order valence-corrected chi connectivity index (χ1v) is 13.4. The molecule has 0 radical (unpaired) electrons. The Labute approximate surface area is 198 Å². The van der Waals surface area contributed by atoms with Crippen molar-refractivity contribution >= 4 is 38.8 Å². The van der Waals surface area contributed by atoms with E-state index in [2.05, 4.69) is 15.0 Å². The van der Waals surface area contributed by atoms with Crippen molar-refractivity contribution in [3.63, 3.8) is 0 Å². The van der Waals surface area contributed by atoms with Crippen LogP contribution < -0.4 is 10.0 Å². The van der Waals surface area contributed by atoms with Crippen LogP contribution in [0.2, 0.25) is 0 Å². The molecule has 3 rings (SSSR count). The van der Waals surface area contributed by atoms with Crippen LogP contribution in [0.4, 0.5) is 0 Å². The van der Waals surface area contributed by atoms with Gasteiger partial charge in [0.2, 0.25) is 15.8 Å². The van der Waals surface area contributed by atoms with E-state index in [-0.39, 0.29) is 23.7 Å².